The third-order valence-corrected chi connectivity index (χ3v) is 7.22. The van der Waals surface area contributed by atoms with Gasteiger partial charge in [-0.15, -0.1) is 5.10 Å². The van der Waals surface area contributed by atoms with E-state index in [9.17, 15) is 25.5 Å². The Balaban J connectivity index is 1.33. The molecule has 1 fully saturated rings. The lowest BCUT2D eigenvalue weighted by Gasteiger charge is -2.45. The number of aliphatic hydroxyl groups excluding tert-OH is 5. The second kappa shape index (κ2) is 12.7. The summed E-state index contributed by atoms with van der Waals surface area (Å²) in [4.78, 5) is 1.42. The van der Waals surface area contributed by atoms with Crippen molar-refractivity contribution in [2.75, 3.05) is 11.9 Å². The molecule has 1 saturated carbocycles. The van der Waals surface area contributed by atoms with E-state index in [2.05, 4.69) is 10.3 Å². The summed E-state index contributed by atoms with van der Waals surface area (Å²) in [5, 5.41) is 59.4. The summed E-state index contributed by atoms with van der Waals surface area (Å²) in [6.07, 6.45) is -6.38. The Bertz CT molecular complexity index is 1330. The first kappa shape index (κ1) is 28.5. The molecular formula is C30H34N4O7. The molecule has 5 N–H and O–H groups in total. The van der Waals surface area contributed by atoms with Gasteiger partial charge in [0.05, 0.1) is 18.8 Å². The van der Waals surface area contributed by atoms with E-state index in [1.807, 2.05) is 78.9 Å². The monoisotopic (exact) mass is 562 g/mol. The molecule has 216 valence electrons. The fourth-order valence-electron chi connectivity index (χ4n) is 4.91. The summed E-state index contributed by atoms with van der Waals surface area (Å²) in [6, 6.07) is 24.2. The van der Waals surface area contributed by atoms with Crippen molar-refractivity contribution in [2.24, 2.45) is 0 Å². The minimum absolute atomic E-state index is 0.293. The van der Waals surface area contributed by atoms with E-state index in [-0.39, 0.29) is 0 Å². The van der Waals surface area contributed by atoms with E-state index >= 15 is 0 Å². The number of benzene rings is 3. The van der Waals surface area contributed by atoms with E-state index in [1.54, 1.807) is 17.9 Å². The first-order chi connectivity index (χ1) is 19.8. The maximum absolute atomic E-state index is 10.5. The average molecular weight is 563 g/mol. The van der Waals surface area contributed by atoms with Gasteiger partial charge in [-0.1, -0.05) is 65.9 Å². The fourth-order valence-corrected chi connectivity index (χ4v) is 4.91. The number of aliphatic hydroxyl groups is 5. The van der Waals surface area contributed by atoms with Crippen molar-refractivity contribution in [1.29, 1.82) is 0 Å². The maximum Gasteiger partial charge on any atom is 0.171 e. The Labute approximate surface area is 237 Å². The van der Waals surface area contributed by atoms with Crippen LogP contribution in [-0.4, -0.2) is 84.1 Å². The van der Waals surface area contributed by atoms with Crippen LogP contribution in [0.1, 0.15) is 16.7 Å². The molecule has 1 aliphatic carbocycles. The van der Waals surface area contributed by atoms with Crippen LogP contribution in [0, 0.1) is 0 Å². The number of ether oxygens (including phenoxy) is 2. The fraction of sp³-hybridized carbons (Fsp3) is 0.333. The molecule has 0 aliphatic heterocycles. The van der Waals surface area contributed by atoms with Gasteiger partial charge >= 0.3 is 0 Å². The summed E-state index contributed by atoms with van der Waals surface area (Å²) in [6.45, 7) is 1.09. The number of hydrogen-bond donors (Lipinski definition) is 5. The third-order valence-electron chi connectivity index (χ3n) is 7.22. The van der Waals surface area contributed by atoms with Gasteiger partial charge in [0.2, 0.25) is 0 Å². The van der Waals surface area contributed by atoms with Crippen molar-refractivity contribution in [1.82, 2.24) is 15.0 Å². The van der Waals surface area contributed by atoms with Gasteiger partial charge in [0, 0.05) is 13.1 Å². The molecule has 3 aromatic carbocycles. The van der Waals surface area contributed by atoms with Crippen molar-refractivity contribution < 1.29 is 35.0 Å². The topological polar surface area (TPSA) is 154 Å². The highest BCUT2D eigenvalue weighted by Crippen LogP contribution is 2.28. The van der Waals surface area contributed by atoms with Gasteiger partial charge < -0.3 is 39.9 Å². The van der Waals surface area contributed by atoms with Gasteiger partial charge in [-0.2, -0.15) is 0 Å². The lowest BCUT2D eigenvalue weighted by molar-refractivity contribution is -0.185. The molecule has 4 aromatic rings. The molecule has 5 rings (SSSR count). The third kappa shape index (κ3) is 6.67. The van der Waals surface area contributed by atoms with Gasteiger partial charge in [0.1, 0.15) is 55.2 Å². The highest BCUT2D eigenvalue weighted by molar-refractivity contribution is 5.40. The van der Waals surface area contributed by atoms with Gasteiger partial charge in [0.25, 0.3) is 0 Å². The minimum atomic E-state index is -1.67. The number of nitrogens with zero attached hydrogens (tertiary/aromatic N) is 4. The molecule has 0 radical (unpaired) electrons. The molecule has 11 heteroatoms. The first-order valence-electron chi connectivity index (χ1n) is 13.3. The molecule has 1 aromatic heterocycles. The van der Waals surface area contributed by atoms with Crippen LogP contribution in [0.4, 0.5) is 5.82 Å². The highest BCUT2D eigenvalue weighted by atomic mass is 16.5. The van der Waals surface area contributed by atoms with Crippen LogP contribution in [0.3, 0.4) is 0 Å². The Morgan fingerprint density at radius 2 is 1.17 bits per heavy atom. The predicted molar refractivity (Wildman–Crippen MR) is 149 cm³/mol. The number of hydrogen-bond acceptors (Lipinski definition) is 10. The van der Waals surface area contributed by atoms with E-state index in [0.29, 0.717) is 37.1 Å². The Kier molecular flexibility index (Phi) is 8.81. The summed E-state index contributed by atoms with van der Waals surface area (Å²) in [5.41, 5.74) is 2.90. The van der Waals surface area contributed by atoms with Crippen LogP contribution in [0.15, 0.2) is 85.1 Å². The quantitative estimate of drug-likeness (QED) is 0.190. The molecule has 41 heavy (non-hydrogen) atoms. The summed E-state index contributed by atoms with van der Waals surface area (Å²) in [7, 11) is 1.55. The number of likely N-dealkylation sites (N-methyl/N-ethyl adjacent to an activating group) is 1. The Morgan fingerprint density at radius 1 is 0.683 bits per heavy atom. The summed E-state index contributed by atoms with van der Waals surface area (Å²) in [5.74, 6) is 1.55. The zero-order chi connectivity index (χ0) is 28.9. The van der Waals surface area contributed by atoms with Crippen LogP contribution in [-0.2, 0) is 19.8 Å². The molecule has 1 heterocycles. The van der Waals surface area contributed by atoms with Gasteiger partial charge in [0.15, 0.2) is 5.82 Å². The summed E-state index contributed by atoms with van der Waals surface area (Å²) >= 11 is 0. The molecule has 4 unspecified atom stereocenters. The lowest BCUT2D eigenvalue weighted by atomic mass is 9.82. The minimum Gasteiger partial charge on any atom is -0.489 e. The number of aromatic nitrogens is 3. The first-order valence-corrected chi connectivity index (χ1v) is 13.3. The summed E-state index contributed by atoms with van der Waals surface area (Å²) < 4.78 is 13.7. The second-order valence-corrected chi connectivity index (χ2v) is 10.2. The van der Waals surface area contributed by atoms with Gasteiger partial charge in [-0.3, -0.25) is 0 Å². The normalized spacial score (nSPS) is 24.1. The van der Waals surface area contributed by atoms with Crippen molar-refractivity contribution >= 4 is 5.82 Å². The lowest BCUT2D eigenvalue weighted by Crippen LogP contribution is -2.68. The smallest absolute Gasteiger partial charge is 0.171 e. The van der Waals surface area contributed by atoms with Crippen molar-refractivity contribution in [3.63, 3.8) is 0 Å². The highest BCUT2D eigenvalue weighted by Gasteiger charge is 2.50. The predicted octanol–water partition coefficient (Wildman–Crippen LogP) is 1.11. The van der Waals surface area contributed by atoms with Crippen LogP contribution >= 0.6 is 0 Å². The largest absolute Gasteiger partial charge is 0.489 e. The van der Waals surface area contributed by atoms with Crippen LogP contribution in [0.25, 0.3) is 0 Å². The van der Waals surface area contributed by atoms with Crippen LogP contribution < -0.4 is 14.4 Å². The van der Waals surface area contributed by atoms with E-state index in [1.165, 1.54) is 4.90 Å². The molecule has 0 spiro atoms. The van der Waals surface area contributed by atoms with Crippen LogP contribution in [0.2, 0.25) is 0 Å². The van der Waals surface area contributed by atoms with Crippen molar-refractivity contribution in [3.05, 3.63) is 102 Å². The zero-order valence-electron chi connectivity index (χ0n) is 22.5. The van der Waals surface area contributed by atoms with Gasteiger partial charge in [-0.25, -0.2) is 4.68 Å². The maximum atomic E-state index is 10.5. The zero-order valence-corrected chi connectivity index (χ0v) is 22.5. The standard InChI is InChI=1S/C30H34N4O7/c1-33(25-26(35)28(37)30(39)29(38)27(25)36)24-16-34(32-31-24)15-21-12-22(40-17-19-8-4-2-5-9-19)14-23(13-21)41-18-20-10-6-3-7-11-20/h2-14,16,25-30,35-39H,15,17-18H2,1H3. The molecule has 0 saturated heterocycles. The SMILES string of the molecule is CN(c1cn(Cc2cc(OCc3ccccc3)cc(OCc3ccccc3)c2)nn1)C1C(O)C(O)C(O)C(O)C1O. The molecule has 11 nitrogen and oxygen atoms in total. The van der Waals surface area contributed by atoms with E-state index in [0.717, 1.165) is 16.7 Å². The molecule has 1 aliphatic rings. The second-order valence-electron chi connectivity index (χ2n) is 10.2. The van der Waals surface area contributed by atoms with Crippen LogP contribution in [0.5, 0.6) is 11.5 Å². The molecular weight excluding hydrogens is 528 g/mol. The van der Waals surface area contributed by atoms with E-state index < -0.39 is 36.6 Å². The van der Waals surface area contributed by atoms with Gasteiger partial charge in [-0.05, 0) is 28.8 Å². The molecule has 0 amide bonds. The van der Waals surface area contributed by atoms with Crippen molar-refractivity contribution in [3.8, 4) is 11.5 Å². The number of rotatable bonds is 10. The Hall–Kier alpha value is -4.00. The Morgan fingerprint density at radius 3 is 1.68 bits per heavy atom. The molecule has 4 atom stereocenters. The molecule has 0 bridgehead atoms. The van der Waals surface area contributed by atoms with Crippen molar-refractivity contribution in [2.45, 2.75) is 56.3 Å². The van der Waals surface area contributed by atoms with E-state index in [4.69, 9.17) is 9.47 Å². The average Bonchev–Trinajstić information content (AvgIpc) is 3.46. The number of anilines is 1.